The number of rotatable bonds is 4. The molecule has 1 amide bonds. The van der Waals surface area contributed by atoms with Gasteiger partial charge in [0.25, 0.3) is 5.91 Å². The fraction of sp³-hybridized carbons (Fsp3) is 0.286. The van der Waals surface area contributed by atoms with Crippen LogP contribution in [0.3, 0.4) is 0 Å². The lowest BCUT2D eigenvalue weighted by molar-refractivity contribution is 0.0582. The van der Waals surface area contributed by atoms with E-state index >= 15 is 0 Å². The summed E-state index contributed by atoms with van der Waals surface area (Å²) in [4.78, 5) is 14.6. The zero-order valence-electron chi connectivity index (χ0n) is 16.2. The maximum absolute atomic E-state index is 13.8. The van der Waals surface area contributed by atoms with Crippen molar-refractivity contribution >= 4 is 21.8 Å². The molecule has 6 nitrogen and oxygen atoms in total. The van der Waals surface area contributed by atoms with Gasteiger partial charge in [-0.1, -0.05) is 27.2 Å². The van der Waals surface area contributed by atoms with Crippen LogP contribution >= 0.6 is 15.9 Å². The number of likely N-dealkylation sites (tertiary alicyclic amines) is 1. The monoisotopic (exact) mass is 476 g/mol. The van der Waals surface area contributed by atoms with Gasteiger partial charge in [-0.2, -0.15) is 0 Å². The zero-order valence-corrected chi connectivity index (χ0v) is 17.8. The highest BCUT2D eigenvalue weighted by Crippen LogP contribution is 2.24. The van der Waals surface area contributed by atoms with E-state index in [0.717, 1.165) is 22.3 Å². The van der Waals surface area contributed by atoms with Crippen LogP contribution in [0.15, 0.2) is 46.9 Å². The molecule has 1 fully saturated rings. The Kier molecular flexibility index (Phi) is 5.80. The molecule has 30 heavy (non-hydrogen) atoms. The maximum atomic E-state index is 13.8. The van der Waals surface area contributed by atoms with E-state index in [1.165, 1.54) is 6.07 Å². The Morgan fingerprint density at radius 2 is 1.93 bits per heavy atom. The highest BCUT2D eigenvalue weighted by Gasteiger charge is 2.28. The quantitative estimate of drug-likeness (QED) is 0.563. The molecule has 3 aromatic rings. The molecule has 1 aliphatic heterocycles. The highest BCUT2D eigenvalue weighted by atomic mass is 79.9. The van der Waals surface area contributed by atoms with Crippen molar-refractivity contribution in [3.8, 4) is 11.4 Å². The minimum Gasteiger partial charge on any atom is -0.487 e. The van der Waals surface area contributed by atoms with Crippen molar-refractivity contribution in [3.63, 3.8) is 0 Å². The molecule has 0 atom stereocenters. The van der Waals surface area contributed by atoms with Crippen molar-refractivity contribution in [2.45, 2.75) is 25.9 Å². The summed E-state index contributed by atoms with van der Waals surface area (Å²) < 4.78 is 35.0. The summed E-state index contributed by atoms with van der Waals surface area (Å²) in [6.45, 7) is 2.71. The lowest BCUT2D eigenvalue weighted by atomic mass is 10.1. The lowest BCUT2D eigenvalue weighted by Crippen LogP contribution is -2.42. The molecule has 9 heteroatoms. The average Bonchev–Trinajstić information content (AvgIpc) is 3.11. The first-order valence-electron chi connectivity index (χ1n) is 9.51. The number of carbonyl (C=O) groups excluding carboxylic acids is 1. The van der Waals surface area contributed by atoms with Gasteiger partial charge in [0.15, 0.2) is 17.3 Å². The number of amides is 1. The largest absolute Gasteiger partial charge is 0.487 e. The van der Waals surface area contributed by atoms with Gasteiger partial charge in [0, 0.05) is 36.5 Å². The van der Waals surface area contributed by atoms with Crippen LogP contribution in [0.5, 0.6) is 5.75 Å². The molecule has 156 valence electrons. The van der Waals surface area contributed by atoms with E-state index in [9.17, 15) is 13.6 Å². The normalized spacial score (nSPS) is 14.7. The molecule has 2 heterocycles. The van der Waals surface area contributed by atoms with Crippen molar-refractivity contribution in [1.82, 2.24) is 19.9 Å². The maximum Gasteiger partial charge on any atom is 0.276 e. The van der Waals surface area contributed by atoms with Crippen LogP contribution in [-0.2, 0) is 0 Å². The summed E-state index contributed by atoms with van der Waals surface area (Å²) >= 11 is 3.43. The van der Waals surface area contributed by atoms with E-state index in [1.54, 1.807) is 16.5 Å². The van der Waals surface area contributed by atoms with Gasteiger partial charge in [-0.05, 0) is 37.3 Å². The van der Waals surface area contributed by atoms with Crippen LogP contribution in [0.4, 0.5) is 8.78 Å². The minimum absolute atomic E-state index is 0.0222. The summed E-state index contributed by atoms with van der Waals surface area (Å²) in [5, 5.41) is 8.23. The predicted octanol–water partition coefficient (Wildman–Crippen LogP) is 4.30. The van der Waals surface area contributed by atoms with Crippen LogP contribution in [0, 0.1) is 18.6 Å². The van der Waals surface area contributed by atoms with Crippen LogP contribution in [0.2, 0.25) is 0 Å². The van der Waals surface area contributed by atoms with Crippen molar-refractivity contribution in [1.29, 1.82) is 0 Å². The van der Waals surface area contributed by atoms with Crippen molar-refractivity contribution in [2.24, 2.45) is 0 Å². The Morgan fingerprint density at radius 3 is 2.63 bits per heavy atom. The second kappa shape index (κ2) is 8.51. The minimum atomic E-state index is -0.728. The van der Waals surface area contributed by atoms with Gasteiger partial charge in [-0.15, -0.1) is 5.10 Å². The topological polar surface area (TPSA) is 60.3 Å². The van der Waals surface area contributed by atoms with Gasteiger partial charge < -0.3 is 9.64 Å². The van der Waals surface area contributed by atoms with Crippen LogP contribution in [-0.4, -0.2) is 45.0 Å². The van der Waals surface area contributed by atoms with E-state index in [-0.39, 0.29) is 17.8 Å². The third-order valence-corrected chi connectivity index (χ3v) is 5.56. The number of piperidine rings is 1. The van der Waals surface area contributed by atoms with Gasteiger partial charge in [0.2, 0.25) is 0 Å². The molecule has 0 unspecified atom stereocenters. The van der Waals surface area contributed by atoms with Gasteiger partial charge >= 0.3 is 0 Å². The molecule has 0 saturated carbocycles. The van der Waals surface area contributed by atoms with E-state index in [4.69, 9.17) is 4.74 Å². The summed E-state index contributed by atoms with van der Waals surface area (Å²) in [6.07, 6.45) is 0.843. The lowest BCUT2D eigenvalue weighted by Gasteiger charge is -2.31. The molecule has 2 aromatic carbocycles. The standard InChI is InChI=1S/C21H19BrF2N4O2/c1-13-20(25-26-28(13)16-4-2-3-14(22)11-16)21(29)27-9-7-17(8-10-27)30-19-6-5-15(23)12-18(19)24/h2-6,11-12,17H,7-10H2,1H3. The van der Waals surface area contributed by atoms with Crippen LogP contribution in [0.25, 0.3) is 5.69 Å². The number of hydrogen-bond donors (Lipinski definition) is 0. The number of ether oxygens (including phenoxy) is 1. The Labute approximate surface area is 180 Å². The fourth-order valence-electron chi connectivity index (χ4n) is 3.46. The van der Waals surface area contributed by atoms with Crippen molar-refractivity contribution < 1.29 is 18.3 Å². The second-order valence-corrected chi connectivity index (χ2v) is 8.01. The molecular formula is C21H19BrF2N4O2. The number of carbonyl (C=O) groups is 1. The van der Waals surface area contributed by atoms with E-state index in [2.05, 4.69) is 26.2 Å². The molecule has 0 aliphatic carbocycles. The first kappa shape index (κ1) is 20.5. The molecule has 0 spiro atoms. The fourth-order valence-corrected chi connectivity index (χ4v) is 3.84. The van der Waals surface area contributed by atoms with Gasteiger partial charge in [0.05, 0.1) is 11.4 Å². The first-order valence-corrected chi connectivity index (χ1v) is 10.3. The zero-order chi connectivity index (χ0) is 21.3. The Morgan fingerprint density at radius 1 is 1.17 bits per heavy atom. The number of nitrogens with zero attached hydrogens (tertiary/aromatic N) is 4. The molecule has 0 radical (unpaired) electrons. The number of benzene rings is 2. The smallest absolute Gasteiger partial charge is 0.276 e. The molecular weight excluding hydrogens is 458 g/mol. The van der Waals surface area contributed by atoms with Crippen LogP contribution in [0.1, 0.15) is 29.0 Å². The third kappa shape index (κ3) is 4.21. The molecule has 4 rings (SSSR count). The average molecular weight is 477 g/mol. The first-order chi connectivity index (χ1) is 14.4. The van der Waals surface area contributed by atoms with E-state index in [0.29, 0.717) is 37.3 Å². The Bertz CT molecular complexity index is 1080. The van der Waals surface area contributed by atoms with Gasteiger partial charge in [-0.25, -0.2) is 13.5 Å². The number of hydrogen-bond acceptors (Lipinski definition) is 4. The molecule has 1 aromatic heterocycles. The predicted molar refractivity (Wildman–Crippen MR) is 110 cm³/mol. The Balaban J connectivity index is 1.41. The van der Waals surface area contributed by atoms with Gasteiger partial charge in [0.1, 0.15) is 11.9 Å². The molecule has 1 aliphatic rings. The van der Waals surface area contributed by atoms with E-state index < -0.39 is 11.6 Å². The van der Waals surface area contributed by atoms with Gasteiger partial charge in [-0.3, -0.25) is 4.79 Å². The SMILES string of the molecule is Cc1c(C(=O)N2CCC(Oc3ccc(F)cc3F)CC2)nnn1-c1cccc(Br)c1. The molecule has 0 N–H and O–H groups in total. The number of halogens is 3. The summed E-state index contributed by atoms with van der Waals surface area (Å²) in [6, 6.07) is 10.8. The molecule has 1 saturated heterocycles. The molecule has 0 bridgehead atoms. The summed E-state index contributed by atoms with van der Waals surface area (Å²) in [5.41, 5.74) is 1.77. The number of aromatic nitrogens is 3. The van der Waals surface area contributed by atoms with Crippen LogP contribution < -0.4 is 4.74 Å². The second-order valence-electron chi connectivity index (χ2n) is 7.10. The highest BCUT2D eigenvalue weighted by molar-refractivity contribution is 9.10. The summed E-state index contributed by atoms with van der Waals surface area (Å²) in [5.74, 6) is -1.55. The van der Waals surface area contributed by atoms with Crippen molar-refractivity contribution in [2.75, 3.05) is 13.1 Å². The Hall–Kier alpha value is -2.81. The third-order valence-electron chi connectivity index (χ3n) is 5.07. The van der Waals surface area contributed by atoms with E-state index in [1.807, 2.05) is 24.3 Å². The van der Waals surface area contributed by atoms with Crippen molar-refractivity contribution in [3.05, 3.63) is 70.0 Å². The summed E-state index contributed by atoms with van der Waals surface area (Å²) in [7, 11) is 0.